The topological polar surface area (TPSA) is 79.4 Å². The van der Waals surface area contributed by atoms with Crippen LogP contribution in [0.25, 0.3) is 0 Å². The molecular formula is C17H29N5O2. The Labute approximate surface area is 144 Å². The average molecular weight is 335 g/mol. The number of amides is 1. The highest BCUT2D eigenvalue weighted by molar-refractivity contribution is 5.77. The van der Waals surface area contributed by atoms with Gasteiger partial charge in [-0.05, 0) is 33.2 Å². The number of rotatable bonds is 7. The summed E-state index contributed by atoms with van der Waals surface area (Å²) in [6.07, 6.45) is 2.32. The van der Waals surface area contributed by atoms with Gasteiger partial charge in [0.05, 0.1) is 18.3 Å². The molecule has 0 unspecified atom stereocenters. The Bertz CT molecular complexity index is 544. The van der Waals surface area contributed by atoms with E-state index in [1.807, 2.05) is 27.0 Å². The third-order valence-electron chi connectivity index (χ3n) is 4.11. The summed E-state index contributed by atoms with van der Waals surface area (Å²) in [6, 6.07) is 2.00. The van der Waals surface area contributed by atoms with Crippen molar-refractivity contribution in [3.63, 3.8) is 0 Å². The highest BCUT2D eigenvalue weighted by Crippen LogP contribution is 2.23. The Morgan fingerprint density at radius 2 is 2.29 bits per heavy atom. The van der Waals surface area contributed by atoms with Crippen molar-refractivity contribution in [3.05, 3.63) is 17.6 Å². The lowest BCUT2D eigenvalue weighted by molar-refractivity contribution is -0.136. The number of hydrogen-bond acceptors (Lipinski definition) is 6. The minimum atomic E-state index is -0.0666. The van der Waals surface area contributed by atoms with Crippen molar-refractivity contribution in [1.82, 2.24) is 20.2 Å². The van der Waals surface area contributed by atoms with Crippen molar-refractivity contribution < 1.29 is 9.53 Å². The molecule has 1 aromatic rings. The van der Waals surface area contributed by atoms with Crippen LogP contribution in [0.15, 0.2) is 6.07 Å². The first kappa shape index (κ1) is 18.6. The predicted octanol–water partition coefficient (Wildman–Crippen LogP) is 1.37. The standard InChI is InChI=1S/C17H29N5O2/c1-12(2)24-11-17(23)22(4)10-16-20-14(8-15(18-3)21-16)13-6-5-7-19-9-13/h8,12-13,19H,5-7,9-11H2,1-4H3,(H,18,20,21)/t13-/m1/s1. The number of likely N-dealkylation sites (N-methyl/N-ethyl adjacent to an activating group) is 1. The van der Waals surface area contributed by atoms with Crippen LogP contribution >= 0.6 is 0 Å². The van der Waals surface area contributed by atoms with Gasteiger partial charge in [0.1, 0.15) is 18.2 Å². The summed E-state index contributed by atoms with van der Waals surface area (Å²) in [7, 11) is 3.60. The monoisotopic (exact) mass is 335 g/mol. The highest BCUT2D eigenvalue weighted by Gasteiger charge is 2.19. The van der Waals surface area contributed by atoms with E-state index >= 15 is 0 Å². The van der Waals surface area contributed by atoms with Crippen LogP contribution in [-0.2, 0) is 16.1 Å². The van der Waals surface area contributed by atoms with Crippen LogP contribution in [0.3, 0.4) is 0 Å². The van der Waals surface area contributed by atoms with Gasteiger partial charge in [0.25, 0.3) is 0 Å². The molecule has 7 heteroatoms. The molecule has 2 heterocycles. The third-order valence-corrected chi connectivity index (χ3v) is 4.11. The normalized spacial score (nSPS) is 17.8. The lowest BCUT2D eigenvalue weighted by Gasteiger charge is -2.23. The number of piperidine rings is 1. The van der Waals surface area contributed by atoms with E-state index in [4.69, 9.17) is 9.72 Å². The molecule has 0 bridgehead atoms. The summed E-state index contributed by atoms with van der Waals surface area (Å²) in [5.74, 6) is 1.78. The van der Waals surface area contributed by atoms with Crippen LogP contribution in [0.5, 0.6) is 0 Å². The van der Waals surface area contributed by atoms with Crippen LogP contribution < -0.4 is 10.6 Å². The van der Waals surface area contributed by atoms with Crippen molar-refractivity contribution in [2.45, 2.75) is 45.3 Å². The number of hydrogen-bond donors (Lipinski definition) is 2. The maximum atomic E-state index is 12.1. The summed E-state index contributed by atoms with van der Waals surface area (Å²) >= 11 is 0. The molecule has 7 nitrogen and oxygen atoms in total. The highest BCUT2D eigenvalue weighted by atomic mass is 16.5. The zero-order chi connectivity index (χ0) is 17.5. The molecule has 2 rings (SSSR count). The Balaban J connectivity index is 2.06. The zero-order valence-corrected chi connectivity index (χ0v) is 15.1. The van der Waals surface area contributed by atoms with E-state index in [1.165, 1.54) is 0 Å². The SMILES string of the molecule is CNc1cc([C@@H]2CCCNC2)nc(CN(C)C(=O)COC(C)C)n1. The van der Waals surface area contributed by atoms with Gasteiger partial charge in [0, 0.05) is 32.6 Å². The van der Waals surface area contributed by atoms with E-state index < -0.39 is 0 Å². The van der Waals surface area contributed by atoms with E-state index in [0.29, 0.717) is 18.3 Å². The molecule has 1 atom stereocenters. The first-order valence-electron chi connectivity index (χ1n) is 8.61. The fraction of sp³-hybridized carbons (Fsp3) is 0.706. The smallest absolute Gasteiger partial charge is 0.248 e. The second kappa shape index (κ2) is 8.94. The van der Waals surface area contributed by atoms with Crippen molar-refractivity contribution in [2.24, 2.45) is 0 Å². The quantitative estimate of drug-likeness (QED) is 0.783. The molecule has 24 heavy (non-hydrogen) atoms. The van der Waals surface area contributed by atoms with Crippen molar-refractivity contribution in [1.29, 1.82) is 0 Å². The number of carbonyl (C=O) groups excluding carboxylic acids is 1. The van der Waals surface area contributed by atoms with E-state index in [0.717, 1.165) is 37.4 Å². The minimum absolute atomic E-state index is 0.0385. The Morgan fingerprint density at radius 3 is 2.92 bits per heavy atom. The molecule has 1 aromatic heterocycles. The summed E-state index contributed by atoms with van der Waals surface area (Å²) in [5, 5.41) is 6.50. The maximum absolute atomic E-state index is 12.1. The summed E-state index contributed by atoms with van der Waals surface area (Å²) in [4.78, 5) is 22.9. The first-order valence-corrected chi connectivity index (χ1v) is 8.61. The van der Waals surface area contributed by atoms with Crippen molar-refractivity contribution >= 4 is 11.7 Å². The van der Waals surface area contributed by atoms with Crippen LogP contribution in [-0.4, -0.2) is 60.7 Å². The molecule has 0 aromatic carbocycles. The largest absolute Gasteiger partial charge is 0.373 e. The van der Waals surface area contributed by atoms with Gasteiger partial charge in [-0.3, -0.25) is 4.79 Å². The number of ether oxygens (including phenoxy) is 1. The fourth-order valence-corrected chi connectivity index (χ4v) is 2.68. The summed E-state index contributed by atoms with van der Waals surface area (Å²) in [5.41, 5.74) is 1.04. The number of nitrogens with one attached hydrogen (secondary N) is 2. The first-order chi connectivity index (χ1) is 11.5. The molecular weight excluding hydrogens is 306 g/mol. The van der Waals surface area contributed by atoms with E-state index in [1.54, 1.807) is 11.9 Å². The Morgan fingerprint density at radius 1 is 1.50 bits per heavy atom. The average Bonchev–Trinajstić information content (AvgIpc) is 2.59. The van der Waals surface area contributed by atoms with Gasteiger partial charge < -0.3 is 20.3 Å². The Hall–Kier alpha value is -1.73. The molecule has 134 valence electrons. The maximum Gasteiger partial charge on any atom is 0.248 e. The minimum Gasteiger partial charge on any atom is -0.373 e. The predicted molar refractivity (Wildman–Crippen MR) is 94.0 cm³/mol. The molecule has 2 N–H and O–H groups in total. The van der Waals surface area contributed by atoms with Crippen molar-refractivity contribution in [3.8, 4) is 0 Å². The number of aromatic nitrogens is 2. The third kappa shape index (κ3) is 5.42. The molecule has 1 aliphatic heterocycles. The molecule has 0 saturated carbocycles. The molecule has 1 saturated heterocycles. The second-order valence-corrected chi connectivity index (χ2v) is 6.50. The molecule has 1 aliphatic rings. The summed E-state index contributed by atoms with van der Waals surface area (Å²) in [6.45, 7) is 6.30. The fourth-order valence-electron chi connectivity index (χ4n) is 2.68. The lowest BCUT2D eigenvalue weighted by atomic mass is 9.96. The van der Waals surface area contributed by atoms with E-state index in [-0.39, 0.29) is 18.6 Å². The zero-order valence-electron chi connectivity index (χ0n) is 15.1. The van der Waals surface area contributed by atoms with Crippen LogP contribution in [0.1, 0.15) is 44.1 Å². The molecule has 0 spiro atoms. The molecule has 0 radical (unpaired) electrons. The van der Waals surface area contributed by atoms with Gasteiger partial charge in [0.15, 0.2) is 0 Å². The number of anilines is 1. The van der Waals surface area contributed by atoms with Gasteiger partial charge >= 0.3 is 0 Å². The van der Waals surface area contributed by atoms with Gasteiger partial charge in [-0.15, -0.1) is 0 Å². The van der Waals surface area contributed by atoms with Crippen molar-refractivity contribution in [2.75, 3.05) is 39.1 Å². The van der Waals surface area contributed by atoms with Gasteiger partial charge in [-0.2, -0.15) is 0 Å². The molecule has 1 fully saturated rings. The second-order valence-electron chi connectivity index (χ2n) is 6.50. The number of carbonyl (C=O) groups is 1. The van der Waals surface area contributed by atoms with E-state index in [9.17, 15) is 4.79 Å². The molecule has 1 amide bonds. The van der Waals surface area contributed by atoms with Gasteiger partial charge in [-0.1, -0.05) is 0 Å². The molecule has 0 aliphatic carbocycles. The van der Waals surface area contributed by atoms with Crippen LogP contribution in [0.4, 0.5) is 5.82 Å². The Kier molecular flexibility index (Phi) is 6.93. The van der Waals surface area contributed by atoms with Crippen LogP contribution in [0.2, 0.25) is 0 Å². The summed E-state index contributed by atoms with van der Waals surface area (Å²) < 4.78 is 5.37. The van der Waals surface area contributed by atoms with Crippen LogP contribution in [0, 0.1) is 0 Å². The number of nitrogens with zero attached hydrogens (tertiary/aromatic N) is 3. The van der Waals surface area contributed by atoms with Gasteiger partial charge in [-0.25, -0.2) is 9.97 Å². The lowest BCUT2D eigenvalue weighted by Crippen LogP contribution is -2.32. The van der Waals surface area contributed by atoms with E-state index in [2.05, 4.69) is 15.6 Å². The van der Waals surface area contributed by atoms with Gasteiger partial charge in [0.2, 0.25) is 5.91 Å².